The number of fused-ring (bicyclic) bond motifs is 1. The number of esters is 1. The molecular formula is C22H19ClFN3O4. The van der Waals surface area contributed by atoms with Gasteiger partial charge in [0.05, 0.1) is 36.7 Å². The van der Waals surface area contributed by atoms with Gasteiger partial charge in [-0.1, -0.05) is 11.6 Å². The average Bonchev–Trinajstić information content (AvgIpc) is 3.30. The van der Waals surface area contributed by atoms with E-state index in [1.807, 2.05) is 36.7 Å². The number of carbonyl (C=O) groups is 1. The van der Waals surface area contributed by atoms with E-state index >= 15 is 4.39 Å². The van der Waals surface area contributed by atoms with Crippen LogP contribution in [-0.4, -0.2) is 34.7 Å². The molecule has 0 radical (unpaired) electrons. The molecule has 0 amide bonds. The Bertz CT molecular complexity index is 1310. The molecule has 0 N–H and O–H groups in total. The first-order valence-electron chi connectivity index (χ1n) is 9.37. The molecule has 9 heteroatoms. The molecule has 31 heavy (non-hydrogen) atoms. The Morgan fingerprint density at radius 3 is 2.61 bits per heavy atom. The minimum atomic E-state index is -0.721. The fraction of sp³-hybridized carbons (Fsp3) is 0.227. The summed E-state index contributed by atoms with van der Waals surface area (Å²) in [5, 5.41) is 0.644. The molecule has 160 valence electrons. The van der Waals surface area contributed by atoms with Crippen LogP contribution in [0.4, 0.5) is 4.39 Å². The van der Waals surface area contributed by atoms with E-state index in [1.54, 1.807) is 0 Å². The van der Waals surface area contributed by atoms with Crippen LogP contribution in [0.25, 0.3) is 22.4 Å². The van der Waals surface area contributed by atoms with Crippen LogP contribution in [-0.2, 0) is 11.3 Å². The predicted octanol–water partition coefficient (Wildman–Crippen LogP) is 4.94. The van der Waals surface area contributed by atoms with E-state index in [4.69, 9.17) is 25.5 Å². The predicted molar refractivity (Wildman–Crippen MR) is 113 cm³/mol. The summed E-state index contributed by atoms with van der Waals surface area (Å²) >= 11 is 6.01. The van der Waals surface area contributed by atoms with Crippen molar-refractivity contribution in [3.8, 4) is 17.1 Å². The van der Waals surface area contributed by atoms with E-state index in [1.165, 1.54) is 26.4 Å². The smallest absolute Gasteiger partial charge is 0.357 e. The van der Waals surface area contributed by atoms with Gasteiger partial charge in [0.2, 0.25) is 0 Å². The monoisotopic (exact) mass is 443 g/mol. The third-order valence-electron chi connectivity index (χ3n) is 4.90. The summed E-state index contributed by atoms with van der Waals surface area (Å²) in [4.78, 5) is 21.4. The molecule has 0 bridgehead atoms. The summed E-state index contributed by atoms with van der Waals surface area (Å²) < 4.78 is 32.5. The van der Waals surface area contributed by atoms with Crippen LogP contribution in [0.2, 0.25) is 5.02 Å². The third kappa shape index (κ3) is 3.63. The molecule has 1 aromatic carbocycles. The standard InChI is InChI=1S/C22H19ClFN3O4/c1-11-9-27(10-13-6-5-12(2)31-13)21-16(11)18(22(28)30-4)25-20(26-21)14-7-8-15(23)19(29-3)17(14)24/h5-9H,10H2,1-4H3. The molecule has 7 nitrogen and oxygen atoms in total. The molecule has 0 atom stereocenters. The highest BCUT2D eigenvalue weighted by Crippen LogP contribution is 2.35. The molecule has 0 aliphatic rings. The van der Waals surface area contributed by atoms with Crippen molar-refractivity contribution in [2.24, 2.45) is 0 Å². The second-order valence-corrected chi connectivity index (χ2v) is 7.39. The van der Waals surface area contributed by atoms with Crippen molar-refractivity contribution in [2.75, 3.05) is 14.2 Å². The zero-order valence-corrected chi connectivity index (χ0v) is 18.1. The van der Waals surface area contributed by atoms with Crippen molar-refractivity contribution in [1.29, 1.82) is 0 Å². The number of aromatic nitrogens is 3. The molecular weight excluding hydrogens is 425 g/mol. The van der Waals surface area contributed by atoms with Gasteiger partial charge in [0, 0.05) is 6.20 Å². The number of methoxy groups -OCH3 is 2. The first kappa shape index (κ1) is 20.9. The molecule has 3 aromatic heterocycles. The van der Waals surface area contributed by atoms with Crippen LogP contribution in [0.15, 0.2) is 34.9 Å². The Morgan fingerprint density at radius 1 is 1.19 bits per heavy atom. The number of hydrogen-bond acceptors (Lipinski definition) is 6. The first-order chi connectivity index (χ1) is 14.8. The van der Waals surface area contributed by atoms with Crippen molar-refractivity contribution in [2.45, 2.75) is 20.4 Å². The maximum atomic E-state index is 15.1. The van der Waals surface area contributed by atoms with Gasteiger partial charge in [-0.15, -0.1) is 0 Å². The molecule has 3 heterocycles. The van der Waals surface area contributed by atoms with Gasteiger partial charge in [0.15, 0.2) is 23.1 Å². The van der Waals surface area contributed by atoms with Gasteiger partial charge in [-0.2, -0.15) is 0 Å². The Labute approximate surface area is 182 Å². The Hall–Kier alpha value is -3.39. The van der Waals surface area contributed by atoms with Crippen LogP contribution in [0, 0.1) is 19.7 Å². The normalized spacial score (nSPS) is 11.2. The van der Waals surface area contributed by atoms with Crippen molar-refractivity contribution >= 4 is 28.6 Å². The van der Waals surface area contributed by atoms with E-state index in [0.717, 1.165) is 11.3 Å². The molecule has 4 aromatic rings. The van der Waals surface area contributed by atoms with Crippen LogP contribution in [0.5, 0.6) is 5.75 Å². The number of benzene rings is 1. The SMILES string of the molecule is COC(=O)c1nc(-c2ccc(Cl)c(OC)c2F)nc2c1c(C)cn2Cc1ccc(C)o1. The average molecular weight is 444 g/mol. The van der Waals surface area contributed by atoms with Crippen LogP contribution in [0.3, 0.4) is 0 Å². The van der Waals surface area contributed by atoms with Crippen molar-refractivity contribution in [1.82, 2.24) is 14.5 Å². The molecule has 0 saturated carbocycles. The summed E-state index contributed by atoms with van der Waals surface area (Å²) in [6, 6.07) is 6.66. The number of hydrogen-bond donors (Lipinski definition) is 0. The summed E-state index contributed by atoms with van der Waals surface area (Å²) in [6.45, 7) is 4.07. The van der Waals surface area contributed by atoms with E-state index < -0.39 is 11.8 Å². The van der Waals surface area contributed by atoms with E-state index in [0.29, 0.717) is 23.3 Å². The van der Waals surface area contributed by atoms with E-state index in [-0.39, 0.29) is 27.9 Å². The summed E-state index contributed by atoms with van der Waals surface area (Å²) in [7, 11) is 2.58. The molecule has 0 aliphatic carbocycles. The quantitative estimate of drug-likeness (QED) is 0.406. The van der Waals surface area contributed by atoms with E-state index in [9.17, 15) is 4.79 Å². The topological polar surface area (TPSA) is 79.4 Å². The lowest BCUT2D eigenvalue weighted by atomic mass is 10.1. The highest BCUT2D eigenvalue weighted by molar-refractivity contribution is 6.32. The van der Waals surface area contributed by atoms with Crippen LogP contribution >= 0.6 is 11.6 Å². The Morgan fingerprint density at radius 2 is 1.97 bits per heavy atom. The zero-order chi connectivity index (χ0) is 22.3. The second-order valence-electron chi connectivity index (χ2n) is 6.98. The fourth-order valence-corrected chi connectivity index (χ4v) is 3.72. The van der Waals surface area contributed by atoms with Crippen molar-refractivity contribution in [3.63, 3.8) is 0 Å². The fourth-order valence-electron chi connectivity index (χ4n) is 3.49. The van der Waals surface area contributed by atoms with Gasteiger partial charge < -0.3 is 18.5 Å². The number of nitrogens with zero attached hydrogens (tertiary/aromatic N) is 3. The highest BCUT2D eigenvalue weighted by atomic mass is 35.5. The molecule has 4 rings (SSSR count). The molecule has 0 aliphatic heterocycles. The number of aryl methyl sites for hydroxylation is 2. The molecule has 0 fully saturated rings. The largest absolute Gasteiger partial charge is 0.492 e. The Balaban J connectivity index is 1.97. The molecule has 0 unspecified atom stereocenters. The van der Waals surface area contributed by atoms with Crippen LogP contribution < -0.4 is 4.74 Å². The maximum Gasteiger partial charge on any atom is 0.357 e. The van der Waals surface area contributed by atoms with Crippen molar-refractivity contribution in [3.05, 3.63) is 64.1 Å². The van der Waals surface area contributed by atoms with Gasteiger partial charge in [-0.25, -0.2) is 19.2 Å². The number of halogens is 2. The summed E-state index contributed by atoms with van der Waals surface area (Å²) in [5.74, 6) is 0.0133. The van der Waals surface area contributed by atoms with Gasteiger partial charge in [0.1, 0.15) is 17.2 Å². The second kappa shape index (κ2) is 8.03. The number of furan rings is 1. The Kier molecular flexibility index (Phi) is 5.41. The highest BCUT2D eigenvalue weighted by Gasteiger charge is 2.24. The number of carbonyl (C=O) groups excluding carboxylic acids is 1. The minimum absolute atomic E-state index is 0.00958. The summed E-state index contributed by atoms with van der Waals surface area (Å²) in [6.07, 6.45) is 1.84. The summed E-state index contributed by atoms with van der Waals surface area (Å²) in [5.41, 5.74) is 1.32. The number of rotatable bonds is 5. The first-order valence-corrected chi connectivity index (χ1v) is 9.75. The maximum absolute atomic E-state index is 15.1. The van der Waals surface area contributed by atoms with Gasteiger partial charge in [-0.3, -0.25) is 0 Å². The van der Waals surface area contributed by atoms with Crippen molar-refractivity contribution < 1.29 is 23.1 Å². The van der Waals surface area contributed by atoms with Crippen LogP contribution in [0.1, 0.15) is 27.6 Å². The molecule has 0 saturated heterocycles. The third-order valence-corrected chi connectivity index (χ3v) is 5.20. The number of ether oxygens (including phenoxy) is 2. The van der Waals surface area contributed by atoms with Gasteiger partial charge in [0.25, 0.3) is 0 Å². The lowest BCUT2D eigenvalue weighted by Crippen LogP contribution is -2.09. The van der Waals surface area contributed by atoms with Gasteiger partial charge in [-0.05, 0) is 43.7 Å². The lowest BCUT2D eigenvalue weighted by Gasteiger charge is -2.11. The molecule has 0 spiro atoms. The van der Waals surface area contributed by atoms with Gasteiger partial charge >= 0.3 is 5.97 Å². The zero-order valence-electron chi connectivity index (χ0n) is 17.3. The van der Waals surface area contributed by atoms with E-state index in [2.05, 4.69) is 9.97 Å². The minimum Gasteiger partial charge on any atom is -0.492 e. The lowest BCUT2D eigenvalue weighted by molar-refractivity contribution is 0.0596.